The fourth-order valence-electron chi connectivity index (χ4n) is 5.62. The number of anilines is 1. The van der Waals surface area contributed by atoms with Crippen molar-refractivity contribution in [3.8, 4) is 5.75 Å². The summed E-state index contributed by atoms with van der Waals surface area (Å²) < 4.78 is 6.27. The Morgan fingerprint density at radius 2 is 1.53 bits per heavy atom. The third kappa shape index (κ3) is 6.36. The number of aryl methyl sites for hydroxylation is 1. The molecule has 0 bridgehead atoms. The maximum absolute atomic E-state index is 12.7. The largest absolute Gasteiger partial charge is 0.493 e. The van der Waals surface area contributed by atoms with Crippen LogP contribution in [-0.4, -0.2) is 37.0 Å². The number of piperidine rings is 1. The Morgan fingerprint density at radius 3 is 2.28 bits per heavy atom. The van der Waals surface area contributed by atoms with Crippen LogP contribution in [-0.2, 0) is 24.2 Å². The van der Waals surface area contributed by atoms with Crippen LogP contribution in [0.2, 0.25) is 0 Å². The molecule has 188 valence electrons. The summed E-state index contributed by atoms with van der Waals surface area (Å²) in [5, 5.41) is 0. The number of carbonyl (C=O) groups is 1. The highest BCUT2D eigenvalue weighted by Gasteiger charge is 2.26. The molecule has 2 heterocycles. The Labute approximate surface area is 215 Å². The van der Waals surface area contributed by atoms with Gasteiger partial charge in [-0.2, -0.15) is 0 Å². The molecule has 0 aromatic heterocycles. The number of amides is 1. The molecule has 3 aromatic carbocycles. The first kappa shape index (κ1) is 24.6. The molecule has 1 saturated heterocycles. The van der Waals surface area contributed by atoms with Crippen LogP contribution < -0.4 is 9.64 Å². The molecular formula is C32H38N2O2. The van der Waals surface area contributed by atoms with Gasteiger partial charge in [0.15, 0.2) is 0 Å². The minimum Gasteiger partial charge on any atom is -0.493 e. The van der Waals surface area contributed by atoms with E-state index in [1.54, 1.807) is 0 Å². The third-order valence-electron chi connectivity index (χ3n) is 7.74. The first-order valence-corrected chi connectivity index (χ1v) is 13.6. The lowest BCUT2D eigenvalue weighted by Gasteiger charge is -2.32. The number of rotatable bonds is 10. The van der Waals surface area contributed by atoms with Crippen molar-refractivity contribution in [2.75, 3.05) is 31.1 Å². The van der Waals surface area contributed by atoms with E-state index in [4.69, 9.17) is 4.74 Å². The van der Waals surface area contributed by atoms with Gasteiger partial charge in [-0.15, -0.1) is 0 Å². The molecule has 0 radical (unpaired) electrons. The van der Waals surface area contributed by atoms with Crippen LogP contribution in [0.1, 0.15) is 48.8 Å². The molecule has 5 rings (SSSR count). The van der Waals surface area contributed by atoms with Crippen molar-refractivity contribution in [1.29, 1.82) is 0 Å². The zero-order valence-corrected chi connectivity index (χ0v) is 21.3. The van der Waals surface area contributed by atoms with E-state index in [2.05, 4.69) is 59.5 Å². The van der Waals surface area contributed by atoms with Crippen LogP contribution >= 0.6 is 0 Å². The minimum atomic E-state index is 0.190. The van der Waals surface area contributed by atoms with E-state index in [0.29, 0.717) is 13.0 Å². The predicted molar refractivity (Wildman–Crippen MR) is 146 cm³/mol. The minimum absolute atomic E-state index is 0.190. The van der Waals surface area contributed by atoms with E-state index < -0.39 is 0 Å². The van der Waals surface area contributed by atoms with Crippen LogP contribution in [0.5, 0.6) is 5.75 Å². The Morgan fingerprint density at radius 1 is 0.806 bits per heavy atom. The van der Waals surface area contributed by atoms with Crippen LogP contribution in [0.15, 0.2) is 78.9 Å². The molecule has 0 spiro atoms. The molecule has 0 aliphatic carbocycles. The number of nitrogens with zero attached hydrogens (tertiary/aromatic N) is 2. The smallest absolute Gasteiger partial charge is 0.227 e. The van der Waals surface area contributed by atoms with E-state index in [9.17, 15) is 4.79 Å². The molecule has 0 N–H and O–H groups in total. The number of likely N-dealkylation sites (tertiary alicyclic amines) is 1. The lowest BCUT2D eigenvalue weighted by Crippen LogP contribution is -2.35. The second-order valence-electron chi connectivity index (χ2n) is 10.2. The van der Waals surface area contributed by atoms with Gasteiger partial charge in [-0.25, -0.2) is 0 Å². The lowest BCUT2D eigenvalue weighted by molar-refractivity contribution is -0.119. The molecule has 0 saturated carbocycles. The molecule has 1 fully saturated rings. The standard InChI is InChI=1S/C32H38N2O2/c35-32-18-17-29-30(34(32)25-28-11-5-2-6-12-28)13-7-14-31(29)36-24-8-21-33-22-19-27(20-23-33)16-15-26-9-3-1-4-10-26/h1-7,9-14,27H,8,15-25H2. The maximum atomic E-state index is 12.7. The van der Waals surface area contributed by atoms with Crippen molar-refractivity contribution in [2.45, 2.75) is 51.5 Å². The van der Waals surface area contributed by atoms with Crippen molar-refractivity contribution < 1.29 is 9.53 Å². The summed E-state index contributed by atoms with van der Waals surface area (Å²) in [6.07, 6.45) is 7.46. The Balaban J connectivity index is 1.07. The Kier molecular flexibility index (Phi) is 8.35. The average Bonchev–Trinajstić information content (AvgIpc) is 2.93. The van der Waals surface area contributed by atoms with E-state index in [1.165, 1.54) is 49.9 Å². The van der Waals surface area contributed by atoms with Gasteiger partial charge in [-0.05, 0) is 80.8 Å². The first-order chi connectivity index (χ1) is 17.8. The summed E-state index contributed by atoms with van der Waals surface area (Å²) >= 11 is 0. The van der Waals surface area contributed by atoms with Crippen molar-refractivity contribution in [3.05, 3.63) is 95.6 Å². The van der Waals surface area contributed by atoms with Crippen molar-refractivity contribution in [1.82, 2.24) is 4.90 Å². The molecule has 3 aromatic rings. The summed E-state index contributed by atoms with van der Waals surface area (Å²) in [6, 6.07) is 27.2. The highest BCUT2D eigenvalue weighted by Crippen LogP contribution is 2.35. The molecule has 0 unspecified atom stereocenters. The zero-order valence-electron chi connectivity index (χ0n) is 21.3. The highest BCUT2D eigenvalue weighted by molar-refractivity contribution is 5.96. The number of fused-ring (bicyclic) bond motifs is 1. The maximum Gasteiger partial charge on any atom is 0.227 e. The zero-order chi connectivity index (χ0) is 24.6. The van der Waals surface area contributed by atoms with Gasteiger partial charge in [-0.3, -0.25) is 4.79 Å². The van der Waals surface area contributed by atoms with E-state index >= 15 is 0 Å². The van der Waals surface area contributed by atoms with Gasteiger partial charge in [0.05, 0.1) is 18.8 Å². The second kappa shape index (κ2) is 12.2. The highest BCUT2D eigenvalue weighted by atomic mass is 16.5. The molecular weight excluding hydrogens is 444 g/mol. The SMILES string of the molecule is O=C1CCc2c(OCCCN3CCC(CCc4ccccc4)CC3)cccc2N1Cc1ccccc1. The quantitative estimate of drug-likeness (QED) is 0.319. The fraction of sp³-hybridized carbons (Fsp3) is 0.406. The lowest BCUT2D eigenvalue weighted by atomic mass is 9.90. The van der Waals surface area contributed by atoms with Gasteiger partial charge in [0, 0.05) is 18.5 Å². The number of benzene rings is 3. The van der Waals surface area contributed by atoms with Crippen LogP contribution in [0.3, 0.4) is 0 Å². The normalized spacial score (nSPS) is 16.7. The van der Waals surface area contributed by atoms with Gasteiger partial charge in [0.2, 0.25) is 5.91 Å². The second-order valence-corrected chi connectivity index (χ2v) is 10.2. The summed E-state index contributed by atoms with van der Waals surface area (Å²) in [5.74, 6) is 1.99. The summed E-state index contributed by atoms with van der Waals surface area (Å²) in [7, 11) is 0. The van der Waals surface area contributed by atoms with E-state index in [1.807, 2.05) is 29.2 Å². The monoisotopic (exact) mass is 482 g/mol. The number of hydrogen-bond acceptors (Lipinski definition) is 3. The van der Waals surface area contributed by atoms with Gasteiger partial charge < -0.3 is 14.5 Å². The molecule has 2 aliphatic rings. The summed E-state index contributed by atoms with van der Waals surface area (Å²) in [4.78, 5) is 17.2. The fourth-order valence-corrected chi connectivity index (χ4v) is 5.62. The average molecular weight is 483 g/mol. The molecule has 36 heavy (non-hydrogen) atoms. The van der Waals surface area contributed by atoms with Gasteiger partial charge >= 0.3 is 0 Å². The van der Waals surface area contributed by atoms with Gasteiger partial charge in [0.1, 0.15) is 5.75 Å². The van der Waals surface area contributed by atoms with Gasteiger partial charge in [0.25, 0.3) is 0 Å². The number of ether oxygens (including phenoxy) is 1. The number of hydrogen-bond donors (Lipinski definition) is 0. The summed E-state index contributed by atoms with van der Waals surface area (Å²) in [6.45, 7) is 4.83. The summed E-state index contributed by atoms with van der Waals surface area (Å²) in [5.41, 5.74) is 4.79. The number of carbonyl (C=O) groups excluding carboxylic acids is 1. The third-order valence-corrected chi connectivity index (χ3v) is 7.74. The molecule has 4 heteroatoms. The Hall–Kier alpha value is -3.11. The van der Waals surface area contributed by atoms with Crippen LogP contribution in [0.25, 0.3) is 0 Å². The van der Waals surface area contributed by atoms with Crippen LogP contribution in [0.4, 0.5) is 5.69 Å². The van der Waals surface area contributed by atoms with Crippen molar-refractivity contribution in [3.63, 3.8) is 0 Å². The van der Waals surface area contributed by atoms with E-state index in [-0.39, 0.29) is 5.91 Å². The van der Waals surface area contributed by atoms with Crippen LogP contribution in [0, 0.1) is 5.92 Å². The predicted octanol–water partition coefficient (Wildman–Crippen LogP) is 6.28. The molecule has 2 aliphatic heterocycles. The first-order valence-electron chi connectivity index (χ1n) is 13.6. The molecule has 1 amide bonds. The molecule has 4 nitrogen and oxygen atoms in total. The van der Waals surface area contributed by atoms with Crippen molar-refractivity contribution in [2.24, 2.45) is 5.92 Å². The van der Waals surface area contributed by atoms with E-state index in [0.717, 1.165) is 48.9 Å². The topological polar surface area (TPSA) is 32.8 Å². The Bertz CT molecular complexity index is 1110. The van der Waals surface area contributed by atoms with Gasteiger partial charge in [-0.1, -0.05) is 66.7 Å². The van der Waals surface area contributed by atoms with Crippen molar-refractivity contribution >= 4 is 11.6 Å². The molecule has 0 atom stereocenters.